The zero-order valence-electron chi connectivity index (χ0n) is 15.3. The number of hydrogen-bond donors (Lipinski definition) is 1. The minimum atomic E-state index is -0.556. The molecule has 0 spiro atoms. The molecule has 0 aliphatic rings. The van der Waals surface area contributed by atoms with Crippen molar-refractivity contribution < 1.29 is 22.1 Å². The minimum absolute atomic E-state index is 0.374. The Morgan fingerprint density at radius 3 is 2.15 bits per heavy atom. The third-order valence-electron chi connectivity index (χ3n) is 3.97. The van der Waals surface area contributed by atoms with Gasteiger partial charge in [-0.2, -0.15) is 0 Å². The van der Waals surface area contributed by atoms with Gasteiger partial charge >= 0.3 is 35.6 Å². The molecule has 0 radical (unpaired) electrons. The second-order valence-corrected chi connectivity index (χ2v) is 10.0. The van der Waals surface area contributed by atoms with E-state index in [4.69, 9.17) is 18.6 Å². The summed E-state index contributed by atoms with van der Waals surface area (Å²) in [6, 6.07) is 24.7. The summed E-state index contributed by atoms with van der Waals surface area (Å²) in [4.78, 5) is 2.12. The summed E-state index contributed by atoms with van der Waals surface area (Å²) in [6.07, 6.45) is 0.883. The molecule has 1 N–H and O–H groups in total. The molecule has 0 amide bonds. The average Bonchev–Trinajstić information content (AvgIpc) is 2.66. The van der Waals surface area contributed by atoms with Gasteiger partial charge in [-0.15, -0.1) is 0 Å². The van der Waals surface area contributed by atoms with Crippen LogP contribution in [0.2, 0.25) is 0 Å². The second-order valence-electron chi connectivity index (χ2n) is 6.12. The Labute approximate surface area is 180 Å². The number of hydrogen-bond acceptors (Lipinski definition) is 2. The number of phenolic OH excluding ortho intramolecular Hbond substituents is 1. The number of para-hydroxylation sites is 1. The Hall–Kier alpha value is -1.02. The fourth-order valence-corrected chi connectivity index (χ4v) is 4.11. The molecule has 140 valence electrons. The predicted molar refractivity (Wildman–Crippen MR) is 117 cm³/mol. The maximum atomic E-state index is 10.3. The van der Waals surface area contributed by atoms with Gasteiger partial charge in [0.25, 0.3) is 0 Å². The average molecular weight is 454 g/mol. The van der Waals surface area contributed by atoms with Gasteiger partial charge in [-0.1, -0.05) is 63.2 Å². The van der Waals surface area contributed by atoms with Crippen molar-refractivity contribution in [3.05, 3.63) is 83.9 Å². The quantitative estimate of drug-likeness (QED) is 0.431. The molecule has 3 aromatic carbocycles. The summed E-state index contributed by atoms with van der Waals surface area (Å²) in [5.41, 5.74) is 3.71. The summed E-state index contributed by atoms with van der Waals surface area (Å²) >= 11 is -0.556. The van der Waals surface area contributed by atoms with E-state index in [1.165, 1.54) is 22.1 Å². The van der Waals surface area contributed by atoms with Gasteiger partial charge in [0.05, 0.1) is 0 Å². The molecule has 0 aliphatic carbocycles. The topological polar surface area (TPSA) is 23.5 Å². The molecule has 0 bridgehead atoms. The van der Waals surface area contributed by atoms with Crippen molar-refractivity contribution in [1.29, 1.82) is 0 Å². The summed E-state index contributed by atoms with van der Waals surface area (Å²) < 4.78 is 0. The van der Waals surface area contributed by atoms with Crippen LogP contribution >= 0.6 is 27.2 Å². The summed E-state index contributed by atoms with van der Waals surface area (Å²) in [5.74, 6) is 0.374. The van der Waals surface area contributed by atoms with Crippen LogP contribution in [0.25, 0.3) is 0 Å². The summed E-state index contributed by atoms with van der Waals surface area (Å²) in [7, 11) is 14.3. The zero-order chi connectivity index (χ0) is 19.6. The van der Waals surface area contributed by atoms with E-state index >= 15 is 0 Å². The van der Waals surface area contributed by atoms with Gasteiger partial charge in [-0.25, -0.2) is 0 Å². The van der Waals surface area contributed by atoms with Crippen LogP contribution < -0.4 is 15.5 Å². The van der Waals surface area contributed by atoms with E-state index < -0.39 is 17.0 Å². The van der Waals surface area contributed by atoms with Crippen molar-refractivity contribution in [2.45, 2.75) is 6.42 Å². The van der Waals surface area contributed by atoms with Gasteiger partial charge in [0.1, 0.15) is 5.75 Å². The van der Waals surface area contributed by atoms with E-state index in [1.54, 1.807) is 0 Å². The van der Waals surface area contributed by atoms with Crippen LogP contribution in [0.4, 0.5) is 5.69 Å². The number of anilines is 1. The van der Waals surface area contributed by atoms with E-state index in [-0.39, 0.29) is 0 Å². The number of nitrogens with zero attached hydrogens (tertiary/aromatic N) is 1. The first-order valence-corrected chi connectivity index (χ1v) is 13.7. The Kier molecular flexibility index (Phi) is 9.69. The van der Waals surface area contributed by atoms with Crippen LogP contribution in [0.1, 0.15) is 11.1 Å². The van der Waals surface area contributed by atoms with E-state index in [0.717, 1.165) is 11.7 Å². The Bertz CT molecular complexity index is 847. The fourth-order valence-electron chi connectivity index (χ4n) is 2.74. The van der Waals surface area contributed by atoms with Gasteiger partial charge in [0.15, 0.2) is 0 Å². The molecule has 3 aromatic rings. The first kappa shape index (κ1) is 22.3. The number of aromatic hydroxyl groups is 1. The van der Waals surface area contributed by atoms with Crippen molar-refractivity contribution in [1.82, 2.24) is 0 Å². The molecule has 0 aliphatic heterocycles. The normalized spacial score (nSPS) is 10.4. The molecule has 3 rings (SSSR count). The summed E-state index contributed by atoms with van der Waals surface area (Å²) in [6.45, 7) is 0. The van der Waals surface area contributed by atoms with E-state index in [2.05, 4.69) is 73.6 Å². The molecular weight excluding hydrogens is 432 g/mol. The van der Waals surface area contributed by atoms with Crippen molar-refractivity contribution in [3.63, 3.8) is 0 Å². The van der Waals surface area contributed by atoms with Crippen LogP contribution in [0.3, 0.4) is 0 Å². The van der Waals surface area contributed by atoms with Gasteiger partial charge < -0.3 is 10.0 Å². The molecule has 0 saturated heterocycles. The molecule has 1 atom stereocenters. The second kappa shape index (κ2) is 11.7. The number of phenols is 1. The Morgan fingerprint density at radius 1 is 0.852 bits per heavy atom. The zero-order valence-corrected chi connectivity index (χ0v) is 19.4. The number of rotatable bonds is 5. The summed E-state index contributed by atoms with van der Waals surface area (Å²) in [5, 5.41) is 12.5. The monoisotopic (exact) mass is 453 g/mol. The van der Waals surface area contributed by atoms with E-state index in [0.29, 0.717) is 14.3 Å². The molecule has 2 nitrogen and oxygen atoms in total. The number of benzene rings is 3. The SMILES string of the molecule is CN(C)c1ccccc1Pc1cc(Cc2ccccc2)ccc1O.[Cl][Ti][Cl]. The molecule has 0 saturated carbocycles. The predicted octanol–water partition coefficient (Wildman–Crippen LogP) is 5.05. The molecule has 27 heavy (non-hydrogen) atoms. The molecular formula is C21H22Cl2NOPTi. The maximum absolute atomic E-state index is 10.3. The third-order valence-corrected chi connectivity index (χ3v) is 5.33. The fraction of sp³-hybridized carbons (Fsp3) is 0.143. The van der Waals surface area contributed by atoms with Crippen LogP contribution in [-0.4, -0.2) is 19.2 Å². The van der Waals surface area contributed by atoms with Crippen molar-refractivity contribution in [2.24, 2.45) is 0 Å². The van der Waals surface area contributed by atoms with Gasteiger partial charge in [-0.05, 0) is 35.7 Å². The van der Waals surface area contributed by atoms with Gasteiger partial charge in [0.2, 0.25) is 0 Å². The van der Waals surface area contributed by atoms with E-state index in [9.17, 15) is 5.11 Å². The first-order chi connectivity index (χ1) is 13.0. The van der Waals surface area contributed by atoms with Crippen molar-refractivity contribution in [2.75, 3.05) is 19.0 Å². The van der Waals surface area contributed by atoms with Crippen molar-refractivity contribution >= 4 is 43.5 Å². The van der Waals surface area contributed by atoms with Gasteiger partial charge in [0, 0.05) is 30.4 Å². The Morgan fingerprint density at radius 2 is 1.48 bits per heavy atom. The van der Waals surface area contributed by atoms with Crippen LogP contribution in [0, 0.1) is 0 Å². The third kappa shape index (κ3) is 7.14. The van der Waals surface area contributed by atoms with Crippen LogP contribution in [-0.2, 0) is 23.5 Å². The van der Waals surface area contributed by atoms with Gasteiger partial charge in [-0.3, -0.25) is 0 Å². The molecule has 0 heterocycles. The molecule has 6 heteroatoms. The van der Waals surface area contributed by atoms with Crippen molar-refractivity contribution in [3.8, 4) is 5.75 Å². The first-order valence-electron chi connectivity index (χ1n) is 8.40. The standard InChI is InChI=1S/C21H22NOP.2ClH.Ti/c1-22(2)18-10-6-7-11-20(18)24-21-15-17(12-13-19(21)23)14-16-8-4-3-5-9-16;;;/h3-13,15,23-24H,14H2,1-2H3;2*1H;/q;;;+2/p-2. The van der Waals surface area contributed by atoms with E-state index in [1.807, 2.05) is 18.2 Å². The Balaban J connectivity index is 0.000000817. The van der Waals surface area contributed by atoms with Crippen LogP contribution in [0.5, 0.6) is 5.75 Å². The van der Waals surface area contributed by atoms with Crippen LogP contribution in [0.15, 0.2) is 72.8 Å². The molecule has 0 aromatic heterocycles. The molecule has 1 unspecified atom stereocenters. The number of halogens is 2. The molecule has 0 fully saturated rings.